The standard InChI is InChI=1S/C4H5NO4.CH4/c6-3(7)2-1-9-4(8)5-2;/h2H,1H2,(H,5,8)(H,6,7);1H4/t2-;/m0./s1. The lowest BCUT2D eigenvalue weighted by molar-refractivity contribution is -0.139. The Morgan fingerprint density at radius 2 is 2.40 bits per heavy atom. The lowest BCUT2D eigenvalue weighted by Gasteiger charge is -1.95. The second-order valence-electron chi connectivity index (χ2n) is 1.63. The number of ether oxygens (including phenoxy) is 1. The van der Waals surface area contributed by atoms with Crippen LogP contribution >= 0.6 is 0 Å². The molecule has 1 heterocycles. The van der Waals surface area contributed by atoms with Crippen LogP contribution in [0.3, 0.4) is 0 Å². The summed E-state index contributed by atoms with van der Waals surface area (Å²) in [4.78, 5) is 20.2. The van der Waals surface area contributed by atoms with Gasteiger partial charge < -0.3 is 15.2 Å². The van der Waals surface area contributed by atoms with Crippen molar-refractivity contribution < 1.29 is 19.4 Å². The molecule has 5 nitrogen and oxygen atoms in total. The lowest BCUT2D eigenvalue weighted by Crippen LogP contribution is -2.33. The number of carboxylic acids is 1. The van der Waals surface area contributed by atoms with Crippen LogP contribution in [0.15, 0.2) is 0 Å². The number of cyclic esters (lactones) is 1. The zero-order valence-corrected chi connectivity index (χ0v) is 4.46. The summed E-state index contributed by atoms with van der Waals surface area (Å²) in [5, 5.41) is 10.3. The number of hydrogen-bond donors (Lipinski definition) is 2. The molecule has 1 saturated heterocycles. The Morgan fingerprint density at radius 1 is 1.80 bits per heavy atom. The molecule has 0 radical (unpaired) electrons. The summed E-state index contributed by atoms with van der Waals surface area (Å²) < 4.78 is 4.30. The van der Waals surface area contributed by atoms with Crippen LogP contribution in [0.2, 0.25) is 0 Å². The van der Waals surface area contributed by atoms with E-state index in [4.69, 9.17) is 5.11 Å². The summed E-state index contributed by atoms with van der Waals surface area (Å²) >= 11 is 0. The van der Waals surface area contributed by atoms with Crippen LogP contribution in [-0.4, -0.2) is 29.8 Å². The molecule has 0 spiro atoms. The van der Waals surface area contributed by atoms with E-state index in [-0.39, 0.29) is 14.0 Å². The van der Waals surface area contributed by atoms with Crippen molar-refractivity contribution in [3.8, 4) is 0 Å². The molecule has 5 heteroatoms. The van der Waals surface area contributed by atoms with Gasteiger partial charge in [-0.25, -0.2) is 9.59 Å². The first-order valence-corrected chi connectivity index (χ1v) is 2.36. The van der Waals surface area contributed by atoms with Gasteiger partial charge in [0.1, 0.15) is 6.61 Å². The average molecular weight is 147 g/mol. The number of hydrogen-bond acceptors (Lipinski definition) is 3. The smallest absolute Gasteiger partial charge is 0.408 e. The van der Waals surface area contributed by atoms with Crippen molar-refractivity contribution in [2.24, 2.45) is 0 Å². The van der Waals surface area contributed by atoms with Crippen LogP contribution in [0.4, 0.5) is 4.79 Å². The average Bonchev–Trinajstić information content (AvgIpc) is 2.14. The highest BCUT2D eigenvalue weighted by Gasteiger charge is 2.27. The predicted molar refractivity (Wildman–Crippen MR) is 32.6 cm³/mol. The predicted octanol–water partition coefficient (Wildman–Crippen LogP) is -0.185. The maximum atomic E-state index is 10.2. The molecular formula is C5H9NO4. The van der Waals surface area contributed by atoms with Gasteiger partial charge in [0, 0.05) is 0 Å². The minimum absolute atomic E-state index is 0. The number of rotatable bonds is 1. The Balaban J connectivity index is 0.000000810. The fraction of sp³-hybridized carbons (Fsp3) is 0.600. The zero-order valence-electron chi connectivity index (χ0n) is 4.46. The quantitative estimate of drug-likeness (QED) is 0.539. The fourth-order valence-corrected chi connectivity index (χ4v) is 0.518. The first kappa shape index (κ1) is 8.74. The van der Waals surface area contributed by atoms with Crippen molar-refractivity contribution in [2.45, 2.75) is 13.5 Å². The van der Waals surface area contributed by atoms with Gasteiger partial charge in [-0.2, -0.15) is 0 Å². The number of nitrogens with one attached hydrogen (secondary N) is 1. The Bertz CT molecular complexity index is 156. The molecule has 1 aliphatic heterocycles. The summed E-state index contributed by atoms with van der Waals surface area (Å²) in [6.07, 6.45) is -0.664. The van der Waals surface area contributed by atoms with Crippen LogP contribution in [0.5, 0.6) is 0 Å². The zero-order chi connectivity index (χ0) is 6.85. The highest BCUT2D eigenvalue weighted by atomic mass is 16.6. The number of carboxylic acid groups (broad SMARTS) is 1. The molecule has 0 aromatic rings. The molecule has 1 rings (SSSR count). The molecule has 0 aliphatic carbocycles. The summed E-state index contributed by atoms with van der Waals surface area (Å²) in [5.41, 5.74) is 0. The third-order valence-corrected chi connectivity index (χ3v) is 0.971. The molecule has 0 aromatic carbocycles. The maximum Gasteiger partial charge on any atom is 0.408 e. The van der Waals surface area contributed by atoms with Gasteiger partial charge in [-0.05, 0) is 0 Å². The normalized spacial score (nSPS) is 22.4. The highest BCUT2D eigenvalue weighted by Crippen LogP contribution is 1.95. The Labute approximate surface area is 58.0 Å². The molecule has 1 amide bonds. The molecule has 1 fully saturated rings. The van der Waals surface area contributed by atoms with Crippen molar-refractivity contribution in [1.82, 2.24) is 5.32 Å². The van der Waals surface area contributed by atoms with Gasteiger partial charge in [0.2, 0.25) is 0 Å². The van der Waals surface area contributed by atoms with Gasteiger partial charge in [-0.1, -0.05) is 7.43 Å². The van der Waals surface area contributed by atoms with Gasteiger partial charge >= 0.3 is 12.1 Å². The monoisotopic (exact) mass is 147 g/mol. The second-order valence-corrected chi connectivity index (χ2v) is 1.63. The number of carbonyl (C=O) groups is 2. The third kappa shape index (κ3) is 1.61. The van der Waals surface area contributed by atoms with Crippen molar-refractivity contribution in [1.29, 1.82) is 0 Å². The molecule has 0 bridgehead atoms. The van der Waals surface area contributed by atoms with E-state index in [0.29, 0.717) is 0 Å². The van der Waals surface area contributed by atoms with Crippen LogP contribution in [-0.2, 0) is 9.53 Å². The molecular weight excluding hydrogens is 138 g/mol. The van der Waals surface area contributed by atoms with E-state index >= 15 is 0 Å². The minimum Gasteiger partial charge on any atom is -0.480 e. The topological polar surface area (TPSA) is 75.6 Å². The Kier molecular flexibility index (Phi) is 2.66. The van der Waals surface area contributed by atoms with Crippen LogP contribution in [0.25, 0.3) is 0 Å². The van der Waals surface area contributed by atoms with Crippen LogP contribution < -0.4 is 5.32 Å². The highest BCUT2D eigenvalue weighted by molar-refractivity contribution is 5.82. The first-order chi connectivity index (χ1) is 4.20. The van der Waals surface area contributed by atoms with E-state index in [1.807, 2.05) is 0 Å². The number of amides is 1. The lowest BCUT2D eigenvalue weighted by atomic mass is 10.3. The molecule has 58 valence electrons. The van der Waals surface area contributed by atoms with Crippen molar-refractivity contribution >= 4 is 12.1 Å². The van der Waals surface area contributed by atoms with Gasteiger partial charge in [0.25, 0.3) is 0 Å². The largest absolute Gasteiger partial charge is 0.480 e. The minimum atomic E-state index is -1.07. The number of alkyl carbamates (subject to hydrolysis) is 1. The number of carbonyl (C=O) groups excluding carboxylic acids is 1. The van der Waals surface area contributed by atoms with Gasteiger partial charge in [-0.15, -0.1) is 0 Å². The van der Waals surface area contributed by atoms with E-state index in [0.717, 1.165) is 0 Å². The summed E-state index contributed by atoms with van der Waals surface area (Å²) in [7, 11) is 0. The van der Waals surface area contributed by atoms with E-state index < -0.39 is 18.1 Å². The van der Waals surface area contributed by atoms with E-state index in [2.05, 4.69) is 10.1 Å². The second kappa shape index (κ2) is 3.05. The van der Waals surface area contributed by atoms with Crippen molar-refractivity contribution in [2.75, 3.05) is 6.61 Å². The SMILES string of the molecule is C.O=C1N[C@H](C(=O)O)CO1. The van der Waals surface area contributed by atoms with Crippen LogP contribution in [0, 0.1) is 0 Å². The number of aliphatic carboxylic acids is 1. The van der Waals surface area contributed by atoms with Crippen molar-refractivity contribution in [3.05, 3.63) is 0 Å². The Morgan fingerprint density at radius 3 is 2.60 bits per heavy atom. The molecule has 0 aromatic heterocycles. The molecule has 0 saturated carbocycles. The van der Waals surface area contributed by atoms with Crippen LogP contribution in [0.1, 0.15) is 7.43 Å². The molecule has 0 unspecified atom stereocenters. The summed E-state index contributed by atoms with van der Waals surface area (Å²) in [5.74, 6) is -1.07. The fourth-order valence-electron chi connectivity index (χ4n) is 0.518. The van der Waals surface area contributed by atoms with Gasteiger partial charge in [-0.3, -0.25) is 0 Å². The molecule has 1 atom stereocenters. The van der Waals surface area contributed by atoms with Gasteiger partial charge in [0.05, 0.1) is 0 Å². The van der Waals surface area contributed by atoms with E-state index in [1.54, 1.807) is 0 Å². The van der Waals surface area contributed by atoms with E-state index in [9.17, 15) is 9.59 Å². The first-order valence-electron chi connectivity index (χ1n) is 2.36. The van der Waals surface area contributed by atoms with Gasteiger partial charge in [0.15, 0.2) is 6.04 Å². The maximum absolute atomic E-state index is 10.2. The summed E-state index contributed by atoms with van der Waals surface area (Å²) in [6, 6.07) is -0.863. The Hall–Kier alpha value is -1.26. The van der Waals surface area contributed by atoms with E-state index in [1.165, 1.54) is 0 Å². The van der Waals surface area contributed by atoms with Crippen molar-refractivity contribution in [3.63, 3.8) is 0 Å². The molecule has 2 N–H and O–H groups in total. The third-order valence-electron chi connectivity index (χ3n) is 0.971. The molecule has 1 aliphatic rings. The molecule has 10 heavy (non-hydrogen) atoms. The summed E-state index contributed by atoms with van der Waals surface area (Å²) in [6.45, 7) is -0.0752.